The van der Waals surface area contributed by atoms with Crippen molar-refractivity contribution < 1.29 is 17.5 Å². The summed E-state index contributed by atoms with van der Waals surface area (Å²) in [7, 11) is 0.121. The van der Waals surface area contributed by atoms with E-state index < -0.39 is 13.6 Å². The van der Waals surface area contributed by atoms with E-state index in [0.29, 0.717) is 0 Å². The van der Waals surface area contributed by atoms with Crippen molar-refractivity contribution in [3.05, 3.63) is 11.1 Å². The van der Waals surface area contributed by atoms with Gasteiger partial charge in [0.15, 0.2) is 0 Å². The Morgan fingerprint density at radius 3 is 2.82 bits per heavy atom. The average Bonchev–Trinajstić information content (AvgIpc) is 1.97. The summed E-state index contributed by atoms with van der Waals surface area (Å²) < 4.78 is 11.9. The van der Waals surface area contributed by atoms with Gasteiger partial charge >= 0.3 is 74.9 Å². The predicted molar refractivity (Wildman–Crippen MR) is 47.6 cm³/mol. The van der Waals surface area contributed by atoms with Gasteiger partial charge in [-0.05, 0) is 0 Å². The van der Waals surface area contributed by atoms with Crippen molar-refractivity contribution in [2.75, 3.05) is 12.7 Å². The normalized spacial score (nSPS) is 12.4. The third-order valence-corrected chi connectivity index (χ3v) is 3.73. The summed E-state index contributed by atoms with van der Waals surface area (Å²) in [6.07, 6.45) is 1.15. The summed E-state index contributed by atoms with van der Waals surface area (Å²) in [4.78, 5) is 0. The van der Waals surface area contributed by atoms with Crippen LogP contribution in [0.1, 0.15) is 6.92 Å². The maximum atomic E-state index is 11.1. The maximum absolute atomic E-state index is 11.1. The van der Waals surface area contributed by atoms with Crippen LogP contribution in [0.25, 0.3) is 0 Å². The third-order valence-electron chi connectivity index (χ3n) is 1.16. The molecule has 0 heterocycles. The van der Waals surface area contributed by atoms with Gasteiger partial charge in [0, 0.05) is 0 Å². The molecule has 0 amide bonds. The molecule has 0 saturated carbocycles. The summed E-state index contributed by atoms with van der Waals surface area (Å²) in [5.41, 5.74) is 0. The van der Waals surface area contributed by atoms with Crippen LogP contribution in [0.2, 0.25) is 11.9 Å². The molecule has 0 aliphatic carbocycles. The first-order valence-electron chi connectivity index (χ1n) is 3.81. The molecule has 0 radical (unpaired) electrons. The van der Waals surface area contributed by atoms with Gasteiger partial charge in [-0.3, -0.25) is 0 Å². The van der Waals surface area contributed by atoms with Gasteiger partial charge in [-0.15, -0.1) is 0 Å². The first-order chi connectivity index (χ1) is 5.18. The topological polar surface area (TPSA) is 29.1 Å². The van der Waals surface area contributed by atoms with Crippen molar-refractivity contribution in [2.24, 2.45) is 0 Å². The minimum atomic E-state index is -1.13. The van der Waals surface area contributed by atoms with Crippen LogP contribution in [0.3, 0.4) is 0 Å². The zero-order valence-corrected chi connectivity index (χ0v) is 9.73. The van der Waals surface area contributed by atoms with Gasteiger partial charge in [-0.25, -0.2) is 0 Å². The van der Waals surface area contributed by atoms with Crippen LogP contribution in [-0.2, 0) is 17.5 Å². The molecule has 0 aliphatic rings. The van der Waals surface area contributed by atoms with Crippen molar-refractivity contribution in [2.45, 2.75) is 18.8 Å². The molecule has 0 aliphatic heterocycles. The predicted octanol–water partition coefficient (Wildman–Crippen LogP) is 0.666. The summed E-state index contributed by atoms with van der Waals surface area (Å²) >= 11 is -1.13. The van der Waals surface area contributed by atoms with Gasteiger partial charge in [0.25, 0.3) is 0 Å². The van der Waals surface area contributed by atoms with E-state index in [1.54, 1.807) is 0 Å². The number of allylic oxidation sites excluding steroid dienone is 1. The molecular weight excluding hydrogens is 201 g/mol. The van der Waals surface area contributed by atoms with E-state index >= 15 is 0 Å². The minimum absolute atomic E-state index is 0.121. The van der Waals surface area contributed by atoms with Crippen molar-refractivity contribution in [1.82, 2.24) is 5.32 Å². The van der Waals surface area contributed by atoms with Crippen molar-refractivity contribution in [3.8, 4) is 0 Å². The van der Waals surface area contributed by atoms with E-state index in [1.807, 2.05) is 6.92 Å². The Balaban J connectivity index is 3.25. The van der Waals surface area contributed by atoms with Crippen molar-refractivity contribution in [1.29, 1.82) is 0 Å². The Morgan fingerprint density at radius 2 is 2.36 bits per heavy atom. The molecule has 1 N–H and O–H groups in total. The molecule has 0 unspecified atom stereocenters. The first kappa shape index (κ1) is 11.2. The molecule has 0 aromatic carbocycles. The fourth-order valence-corrected chi connectivity index (χ4v) is 2.05. The molecule has 4 heteroatoms. The van der Waals surface area contributed by atoms with Gasteiger partial charge in [0.05, 0.1) is 0 Å². The van der Waals surface area contributed by atoms with Gasteiger partial charge in [0.2, 0.25) is 0 Å². The second kappa shape index (κ2) is 6.90. The van der Waals surface area contributed by atoms with Crippen molar-refractivity contribution >= 4 is 9.52 Å². The van der Waals surface area contributed by atoms with Gasteiger partial charge in [-0.2, -0.15) is 0 Å². The van der Waals surface area contributed by atoms with E-state index in [4.69, 9.17) is 0 Å². The van der Waals surface area contributed by atoms with E-state index in [-0.39, 0.29) is 9.52 Å². The molecule has 0 aromatic heterocycles. The molecule has 0 atom stereocenters. The van der Waals surface area contributed by atoms with Crippen LogP contribution in [0.5, 0.6) is 0 Å². The summed E-state index contributed by atoms with van der Waals surface area (Å²) in [5.74, 6) is 0. The standard InChI is InChI=1S/C4H12NSi.C3H5.Co.O/c1-3-5-4-6-2;1-3-2;;/h5H,1,3-4,6H2,2H3;1H2,2H3;;. The Morgan fingerprint density at radius 1 is 1.73 bits per heavy atom. The number of hydrogen-bond donors (Lipinski definition) is 1. The second-order valence-corrected chi connectivity index (χ2v) is 6.13. The number of rotatable bonds is 6. The molecular formula is C7H17CoNOSi. The van der Waals surface area contributed by atoms with E-state index in [1.165, 1.54) is 0 Å². The van der Waals surface area contributed by atoms with Crippen molar-refractivity contribution in [3.63, 3.8) is 0 Å². The monoisotopic (exact) mass is 218 g/mol. The average molecular weight is 218 g/mol. The van der Waals surface area contributed by atoms with Crippen LogP contribution in [0.4, 0.5) is 0 Å². The van der Waals surface area contributed by atoms with E-state index in [0.717, 1.165) is 22.6 Å². The Hall–Kier alpha value is 0.223. The summed E-state index contributed by atoms with van der Waals surface area (Å²) in [5, 5.41) is 4.00. The fraction of sp³-hybridized carbons (Fsp3) is 0.714. The van der Waals surface area contributed by atoms with Crippen LogP contribution < -0.4 is 5.32 Å². The Kier molecular flexibility index (Phi) is 7.04. The van der Waals surface area contributed by atoms with Gasteiger partial charge in [-0.1, -0.05) is 0 Å². The molecule has 11 heavy (non-hydrogen) atoms. The first-order valence-corrected chi connectivity index (χ1v) is 7.90. The zero-order chi connectivity index (χ0) is 8.69. The molecule has 0 saturated heterocycles. The quantitative estimate of drug-likeness (QED) is 0.524. The Bertz CT molecular complexity index is 149. The van der Waals surface area contributed by atoms with Crippen LogP contribution in [-0.4, -0.2) is 22.2 Å². The fourth-order valence-electron chi connectivity index (χ4n) is 0.579. The molecule has 0 fully saturated rings. The molecule has 69 valence electrons. The third kappa shape index (κ3) is 6.61. The molecule has 2 nitrogen and oxygen atoms in total. The SMILES string of the molecule is C=[C](C)[Co](=[O])[CH2]CNC[SiH2]C. The van der Waals surface area contributed by atoms with Gasteiger partial charge in [0.1, 0.15) is 0 Å². The molecule has 0 rings (SSSR count). The molecule has 0 bridgehead atoms. The second-order valence-electron chi connectivity index (χ2n) is 2.34. The van der Waals surface area contributed by atoms with Crippen LogP contribution in [0, 0.1) is 0 Å². The summed E-state index contributed by atoms with van der Waals surface area (Å²) in [6.45, 7) is 8.61. The van der Waals surface area contributed by atoms with Crippen LogP contribution in [0.15, 0.2) is 11.1 Å². The molecule has 0 spiro atoms. The number of nitrogens with one attached hydrogen (secondary N) is 1. The summed E-state index contributed by atoms with van der Waals surface area (Å²) in [6, 6.07) is 0. The van der Waals surface area contributed by atoms with E-state index in [2.05, 4.69) is 18.4 Å². The zero-order valence-electron chi connectivity index (χ0n) is 7.28. The Labute approximate surface area is 75.2 Å². The molecule has 0 aromatic rings. The van der Waals surface area contributed by atoms with Crippen LogP contribution >= 0.6 is 0 Å². The van der Waals surface area contributed by atoms with Gasteiger partial charge < -0.3 is 0 Å². The van der Waals surface area contributed by atoms with E-state index in [9.17, 15) is 3.87 Å². The number of hydrogen-bond acceptors (Lipinski definition) is 2.